The second kappa shape index (κ2) is 15.0. The second-order valence-electron chi connectivity index (χ2n) is 14.3. The lowest BCUT2D eigenvalue weighted by molar-refractivity contribution is -0.153. The topological polar surface area (TPSA) is 115 Å². The Morgan fingerprint density at radius 3 is 2.40 bits per heavy atom. The van der Waals surface area contributed by atoms with Crippen molar-refractivity contribution in [2.45, 2.75) is 77.9 Å². The van der Waals surface area contributed by atoms with Gasteiger partial charge in [-0.1, -0.05) is 18.2 Å². The lowest BCUT2D eigenvalue weighted by Crippen LogP contribution is -2.30. The van der Waals surface area contributed by atoms with Gasteiger partial charge in [-0.3, -0.25) is 19.1 Å². The Bertz CT molecular complexity index is 1870. The zero-order valence-corrected chi connectivity index (χ0v) is 29.3. The van der Waals surface area contributed by atoms with E-state index in [4.69, 9.17) is 14.6 Å². The minimum absolute atomic E-state index is 0.0768. The van der Waals surface area contributed by atoms with Crippen molar-refractivity contribution in [2.24, 2.45) is 5.92 Å². The van der Waals surface area contributed by atoms with Gasteiger partial charge in [0, 0.05) is 42.9 Å². The summed E-state index contributed by atoms with van der Waals surface area (Å²) < 4.78 is 27.2. The number of fused-ring (bicyclic) bond motifs is 1. The summed E-state index contributed by atoms with van der Waals surface area (Å²) in [5.74, 6) is -1.52. The van der Waals surface area contributed by atoms with Crippen LogP contribution in [-0.4, -0.2) is 59.5 Å². The first kappa shape index (κ1) is 35.1. The van der Waals surface area contributed by atoms with E-state index in [9.17, 15) is 18.8 Å². The van der Waals surface area contributed by atoms with Crippen LogP contribution < -0.4 is 15.5 Å². The van der Waals surface area contributed by atoms with Crippen LogP contribution in [0.5, 0.6) is 0 Å². The summed E-state index contributed by atoms with van der Waals surface area (Å²) in [7, 11) is 0. The van der Waals surface area contributed by atoms with Crippen LogP contribution in [0.2, 0.25) is 0 Å². The summed E-state index contributed by atoms with van der Waals surface area (Å²) >= 11 is 0. The van der Waals surface area contributed by atoms with Crippen molar-refractivity contribution in [3.05, 3.63) is 83.3 Å². The molecule has 264 valence electrons. The zero-order valence-electron chi connectivity index (χ0n) is 29.3. The molecule has 2 aliphatic rings. The standard InChI is InChI=1S/C39H46FN5O5/c1-25(26-16-20-49-21-17-26)45-33-11-7-6-10-30(33)36(43-45)38(48)42-32-23-27(12-15-34(32)44-18-8-5-9-19-44)37(47)41-31-14-13-29(40)22-28(31)24-35(46)50-39(2,3)4/h6-7,10-15,22-23,25-26H,5,8-9,16-21,24H2,1-4H3,(H,41,47)(H,42,48). The monoisotopic (exact) mass is 683 g/mol. The Morgan fingerprint density at radius 1 is 0.940 bits per heavy atom. The van der Waals surface area contributed by atoms with E-state index in [2.05, 4.69) is 22.5 Å². The molecule has 11 heteroatoms. The maximum absolute atomic E-state index is 14.2. The first-order valence-corrected chi connectivity index (χ1v) is 17.5. The van der Waals surface area contributed by atoms with Crippen LogP contribution in [0, 0.1) is 11.7 Å². The molecular weight excluding hydrogens is 637 g/mol. The fourth-order valence-electron chi connectivity index (χ4n) is 6.89. The van der Waals surface area contributed by atoms with Crippen molar-refractivity contribution < 1.29 is 28.2 Å². The van der Waals surface area contributed by atoms with E-state index in [1.165, 1.54) is 18.2 Å². The molecule has 0 bridgehead atoms. The summed E-state index contributed by atoms with van der Waals surface area (Å²) in [5, 5.41) is 11.6. The van der Waals surface area contributed by atoms with Crippen molar-refractivity contribution >= 4 is 45.7 Å². The highest BCUT2D eigenvalue weighted by Gasteiger charge is 2.27. The van der Waals surface area contributed by atoms with E-state index in [0.717, 1.165) is 75.0 Å². The zero-order chi connectivity index (χ0) is 35.4. The molecule has 3 heterocycles. The van der Waals surface area contributed by atoms with Gasteiger partial charge >= 0.3 is 5.97 Å². The van der Waals surface area contributed by atoms with Crippen molar-refractivity contribution in [2.75, 3.05) is 41.8 Å². The van der Waals surface area contributed by atoms with Gasteiger partial charge < -0.3 is 25.0 Å². The fraction of sp³-hybridized carbons (Fsp3) is 0.436. The van der Waals surface area contributed by atoms with Crippen molar-refractivity contribution in [3.8, 4) is 0 Å². The van der Waals surface area contributed by atoms with Crippen LogP contribution in [0.25, 0.3) is 10.9 Å². The van der Waals surface area contributed by atoms with Crippen molar-refractivity contribution in [1.82, 2.24) is 9.78 Å². The third kappa shape index (κ3) is 8.16. The van der Waals surface area contributed by atoms with Gasteiger partial charge in [-0.15, -0.1) is 0 Å². The third-order valence-corrected chi connectivity index (χ3v) is 9.44. The summed E-state index contributed by atoms with van der Waals surface area (Å²) in [5.41, 5.74) is 2.69. The number of carbonyl (C=O) groups excluding carboxylic acids is 3. The Kier molecular flexibility index (Phi) is 10.5. The predicted octanol–water partition coefficient (Wildman–Crippen LogP) is 7.54. The number of para-hydroxylation sites is 1. The molecule has 1 atom stereocenters. The van der Waals surface area contributed by atoms with Crippen LogP contribution in [0.1, 0.15) is 92.3 Å². The van der Waals surface area contributed by atoms with Crippen molar-refractivity contribution in [3.63, 3.8) is 0 Å². The average Bonchev–Trinajstić information content (AvgIpc) is 3.49. The molecular formula is C39H46FN5O5. The number of ether oxygens (including phenoxy) is 2. The van der Waals surface area contributed by atoms with Crippen LogP contribution >= 0.6 is 0 Å². The van der Waals surface area contributed by atoms with Gasteiger partial charge in [-0.25, -0.2) is 4.39 Å². The molecule has 0 aliphatic carbocycles. The first-order valence-electron chi connectivity index (χ1n) is 17.5. The number of nitrogens with zero attached hydrogens (tertiary/aromatic N) is 3. The summed E-state index contributed by atoms with van der Waals surface area (Å²) in [6.07, 6.45) is 4.85. The highest BCUT2D eigenvalue weighted by atomic mass is 19.1. The van der Waals surface area contributed by atoms with Gasteiger partial charge in [-0.05, 0) is 114 Å². The van der Waals surface area contributed by atoms with Crippen LogP contribution in [0.15, 0.2) is 60.7 Å². The number of hydrogen-bond donors (Lipinski definition) is 2. The molecule has 10 nitrogen and oxygen atoms in total. The molecule has 4 aromatic rings. The average molecular weight is 684 g/mol. The number of piperidine rings is 1. The number of carbonyl (C=O) groups is 3. The molecule has 6 rings (SSSR count). The van der Waals surface area contributed by atoms with E-state index < -0.39 is 23.3 Å². The van der Waals surface area contributed by atoms with Gasteiger partial charge in [0.15, 0.2) is 5.69 Å². The predicted molar refractivity (Wildman–Crippen MR) is 192 cm³/mol. The lowest BCUT2D eigenvalue weighted by atomic mass is 9.93. The maximum atomic E-state index is 14.2. The lowest BCUT2D eigenvalue weighted by Gasteiger charge is -2.30. The summed E-state index contributed by atoms with van der Waals surface area (Å²) in [4.78, 5) is 42.6. The molecule has 0 spiro atoms. The number of benzene rings is 3. The van der Waals surface area contributed by atoms with E-state index in [0.29, 0.717) is 28.6 Å². The summed E-state index contributed by atoms with van der Waals surface area (Å²) in [6, 6.07) is 17.0. The number of nitrogens with one attached hydrogen (secondary N) is 2. The Morgan fingerprint density at radius 2 is 1.66 bits per heavy atom. The fourth-order valence-corrected chi connectivity index (χ4v) is 6.89. The molecule has 2 N–H and O–H groups in total. The highest BCUT2D eigenvalue weighted by Crippen LogP contribution is 2.34. The molecule has 0 radical (unpaired) electrons. The highest BCUT2D eigenvalue weighted by molar-refractivity contribution is 6.13. The number of rotatable bonds is 9. The van der Waals surface area contributed by atoms with E-state index in [-0.39, 0.29) is 23.9 Å². The molecule has 0 saturated carbocycles. The van der Waals surface area contributed by atoms with E-state index >= 15 is 0 Å². The smallest absolute Gasteiger partial charge is 0.310 e. The van der Waals surface area contributed by atoms with E-state index in [1.54, 1.807) is 32.9 Å². The number of anilines is 3. The molecule has 2 fully saturated rings. The van der Waals surface area contributed by atoms with Crippen LogP contribution in [-0.2, 0) is 20.7 Å². The maximum Gasteiger partial charge on any atom is 0.310 e. The molecule has 3 aromatic carbocycles. The largest absolute Gasteiger partial charge is 0.460 e. The van der Waals surface area contributed by atoms with Gasteiger partial charge in [-0.2, -0.15) is 5.10 Å². The third-order valence-electron chi connectivity index (χ3n) is 9.44. The number of halogens is 1. The molecule has 1 unspecified atom stereocenters. The normalized spacial score (nSPS) is 16.2. The Balaban J connectivity index is 1.29. The second-order valence-corrected chi connectivity index (χ2v) is 14.3. The summed E-state index contributed by atoms with van der Waals surface area (Å²) in [6.45, 7) is 10.5. The SMILES string of the molecule is CC(C1CCOCC1)n1nc(C(=O)Nc2cc(C(=O)Nc3ccc(F)cc3CC(=O)OC(C)(C)C)ccc2N2CCCCC2)c2ccccc21. The number of hydrogen-bond acceptors (Lipinski definition) is 7. The minimum atomic E-state index is -0.710. The van der Waals surface area contributed by atoms with Gasteiger partial charge in [0.2, 0.25) is 0 Å². The van der Waals surface area contributed by atoms with E-state index in [1.807, 2.05) is 35.0 Å². The molecule has 50 heavy (non-hydrogen) atoms. The van der Waals surface area contributed by atoms with Crippen LogP contribution in [0.4, 0.5) is 21.5 Å². The number of aromatic nitrogens is 2. The molecule has 1 aromatic heterocycles. The quantitative estimate of drug-likeness (QED) is 0.175. The van der Waals surface area contributed by atoms with Gasteiger partial charge in [0.1, 0.15) is 11.4 Å². The van der Waals surface area contributed by atoms with Crippen LogP contribution in [0.3, 0.4) is 0 Å². The first-order chi connectivity index (χ1) is 24.0. The number of amides is 2. The minimum Gasteiger partial charge on any atom is -0.460 e. The van der Waals surface area contributed by atoms with Gasteiger partial charge in [0.05, 0.1) is 29.4 Å². The Hall–Kier alpha value is -4.77. The molecule has 2 amide bonds. The Labute approximate surface area is 292 Å². The molecule has 2 saturated heterocycles. The number of esters is 1. The van der Waals surface area contributed by atoms with Gasteiger partial charge in [0.25, 0.3) is 11.8 Å². The van der Waals surface area contributed by atoms with Crippen molar-refractivity contribution in [1.29, 1.82) is 0 Å². The molecule has 2 aliphatic heterocycles.